The van der Waals surface area contributed by atoms with E-state index < -0.39 is 23.6 Å². The monoisotopic (exact) mass is 289 g/mol. The summed E-state index contributed by atoms with van der Waals surface area (Å²) >= 11 is 0. The lowest BCUT2D eigenvalue weighted by molar-refractivity contribution is -0.140. The molecule has 1 aromatic carbocycles. The molecule has 0 saturated carbocycles. The Morgan fingerprint density at radius 2 is 2.05 bits per heavy atom. The third kappa shape index (κ3) is 4.34. The molecule has 0 aliphatic carbocycles. The first-order chi connectivity index (χ1) is 9.41. The van der Waals surface area contributed by atoms with Crippen molar-refractivity contribution in [2.24, 2.45) is 0 Å². The number of halogens is 4. The van der Waals surface area contributed by atoms with Crippen LogP contribution in [0.15, 0.2) is 30.9 Å². The molecule has 0 aliphatic rings. The summed E-state index contributed by atoms with van der Waals surface area (Å²) in [5.74, 6) is -1.18. The highest BCUT2D eigenvalue weighted by molar-refractivity contribution is 5.30. The Balaban J connectivity index is 3.04. The smallest absolute Gasteiger partial charge is 0.310 e. The minimum atomic E-state index is -4.67. The summed E-state index contributed by atoms with van der Waals surface area (Å²) in [5.41, 5.74) is -1.13. The summed E-state index contributed by atoms with van der Waals surface area (Å²) in [7, 11) is 0. The van der Waals surface area contributed by atoms with Gasteiger partial charge in [0.1, 0.15) is 5.82 Å². The first kappa shape index (κ1) is 16.7. The van der Waals surface area contributed by atoms with Crippen molar-refractivity contribution in [1.29, 1.82) is 0 Å². The SMILES string of the molecule is C=CCCCC(NCC)c1cccc(C(F)(F)F)c1F. The molecule has 0 aromatic heterocycles. The van der Waals surface area contributed by atoms with Crippen LogP contribution in [0, 0.1) is 5.82 Å². The van der Waals surface area contributed by atoms with Gasteiger partial charge in [0.2, 0.25) is 0 Å². The molecule has 0 aliphatic heterocycles. The minimum absolute atomic E-state index is 0.0748. The molecule has 0 fully saturated rings. The maximum atomic E-state index is 14.1. The summed E-state index contributed by atoms with van der Waals surface area (Å²) in [4.78, 5) is 0. The molecule has 1 aromatic rings. The zero-order chi connectivity index (χ0) is 15.2. The molecule has 1 unspecified atom stereocenters. The first-order valence-corrected chi connectivity index (χ1v) is 6.61. The van der Waals surface area contributed by atoms with Crippen LogP contribution in [0.25, 0.3) is 0 Å². The third-order valence-corrected chi connectivity index (χ3v) is 3.06. The van der Waals surface area contributed by atoms with Gasteiger partial charge in [-0.25, -0.2) is 4.39 Å². The van der Waals surface area contributed by atoms with E-state index in [0.29, 0.717) is 13.0 Å². The summed E-state index contributed by atoms with van der Waals surface area (Å²) in [5, 5.41) is 3.04. The second-order valence-corrected chi connectivity index (χ2v) is 4.54. The Labute approximate surface area is 116 Å². The fraction of sp³-hybridized carbons (Fsp3) is 0.467. The van der Waals surface area contributed by atoms with E-state index in [4.69, 9.17) is 0 Å². The summed E-state index contributed by atoms with van der Waals surface area (Å²) < 4.78 is 52.2. The largest absolute Gasteiger partial charge is 0.419 e. The van der Waals surface area contributed by atoms with Crippen LogP contribution in [0.2, 0.25) is 0 Å². The van der Waals surface area contributed by atoms with Crippen molar-refractivity contribution in [2.75, 3.05) is 6.54 Å². The van der Waals surface area contributed by atoms with Gasteiger partial charge in [-0.3, -0.25) is 0 Å². The van der Waals surface area contributed by atoms with Gasteiger partial charge in [-0.15, -0.1) is 6.58 Å². The van der Waals surface area contributed by atoms with Crippen molar-refractivity contribution < 1.29 is 17.6 Å². The van der Waals surface area contributed by atoms with E-state index in [0.717, 1.165) is 18.9 Å². The molecule has 0 amide bonds. The Morgan fingerprint density at radius 3 is 2.60 bits per heavy atom. The minimum Gasteiger partial charge on any atom is -0.310 e. The molecule has 1 nitrogen and oxygen atoms in total. The lowest BCUT2D eigenvalue weighted by Gasteiger charge is -2.20. The van der Waals surface area contributed by atoms with Gasteiger partial charge in [0, 0.05) is 11.6 Å². The maximum Gasteiger partial charge on any atom is 0.419 e. The fourth-order valence-electron chi connectivity index (χ4n) is 2.12. The zero-order valence-corrected chi connectivity index (χ0v) is 11.4. The summed E-state index contributed by atoms with van der Waals surface area (Å²) in [6, 6.07) is 3.01. The van der Waals surface area contributed by atoms with Crippen molar-refractivity contribution in [3.05, 3.63) is 47.8 Å². The van der Waals surface area contributed by atoms with Crippen LogP contribution in [-0.4, -0.2) is 6.54 Å². The average molecular weight is 289 g/mol. The standard InChI is InChI=1S/C15H19F4N/c1-3-5-6-10-13(20-4-2)11-8-7-9-12(14(11)16)15(17,18)19/h3,7-9,13,20H,1,4-6,10H2,2H3. The van der Waals surface area contributed by atoms with Crippen molar-refractivity contribution in [3.63, 3.8) is 0 Å². The Morgan fingerprint density at radius 1 is 1.35 bits per heavy atom. The van der Waals surface area contributed by atoms with Gasteiger partial charge in [-0.1, -0.05) is 25.1 Å². The molecule has 5 heteroatoms. The van der Waals surface area contributed by atoms with Crippen LogP contribution in [0.4, 0.5) is 17.6 Å². The van der Waals surface area contributed by atoms with Crippen molar-refractivity contribution >= 4 is 0 Å². The quantitative estimate of drug-likeness (QED) is 0.430. The molecule has 0 saturated heterocycles. The molecule has 1 rings (SSSR count). The Kier molecular flexibility index (Phi) is 6.20. The fourth-order valence-corrected chi connectivity index (χ4v) is 2.12. The van der Waals surface area contributed by atoms with Gasteiger partial charge >= 0.3 is 6.18 Å². The summed E-state index contributed by atoms with van der Waals surface area (Å²) in [6.07, 6.45) is -0.860. The van der Waals surface area contributed by atoms with Crippen LogP contribution in [0.3, 0.4) is 0 Å². The molecule has 0 spiro atoms. The predicted octanol–water partition coefficient (Wildman–Crippen LogP) is 4.85. The van der Waals surface area contributed by atoms with E-state index in [-0.39, 0.29) is 5.56 Å². The highest BCUT2D eigenvalue weighted by Crippen LogP contribution is 2.34. The number of hydrogen-bond donors (Lipinski definition) is 1. The molecule has 0 radical (unpaired) electrons. The molecule has 0 heterocycles. The van der Waals surface area contributed by atoms with E-state index in [9.17, 15) is 17.6 Å². The van der Waals surface area contributed by atoms with Crippen LogP contribution in [0.5, 0.6) is 0 Å². The van der Waals surface area contributed by atoms with Crippen molar-refractivity contribution in [2.45, 2.75) is 38.4 Å². The molecule has 1 N–H and O–H groups in total. The molecular weight excluding hydrogens is 270 g/mol. The van der Waals surface area contributed by atoms with Gasteiger partial charge in [0.05, 0.1) is 5.56 Å². The van der Waals surface area contributed by atoms with E-state index in [1.54, 1.807) is 6.08 Å². The molecule has 112 valence electrons. The van der Waals surface area contributed by atoms with E-state index in [1.165, 1.54) is 12.1 Å². The van der Waals surface area contributed by atoms with Crippen LogP contribution in [-0.2, 0) is 6.18 Å². The van der Waals surface area contributed by atoms with Crippen molar-refractivity contribution in [3.8, 4) is 0 Å². The van der Waals surface area contributed by atoms with Gasteiger partial charge < -0.3 is 5.32 Å². The van der Waals surface area contributed by atoms with Gasteiger partial charge in [0.15, 0.2) is 0 Å². The number of unbranched alkanes of at least 4 members (excludes halogenated alkanes) is 1. The van der Waals surface area contributed by atoms with Crippen LogP contribution in [0.1, 0.15) is 43.4 Å². The Hall–Kier alpha value is -1.36. The topological polar surface area (TPSA) is 12.0 Å². The number of alkyl halides is 3. The van der Waals surface area contributed by atoms with Gasteiger partial charge in [-0.05, 0) is 31.9 Å². The van der Waals surface area contributed by atoms with Gasteiger partial charge in [0.25, 0.3) is 0 Å². The number of allylic oxidation sites excluding steroid dienone is 1. The van der Waals surface area contributed by atoms with E-state index in [1.807, 2.05) is 6.92 Å². The van der Waals surface area contributed by atoms with Crippen LogP contribution >= 0.6 is 0 Å². The lowest BCUT2D eigenvalue weighted by Crippen LogP contribution is -2.23. The van der Waals surface area contributed by atoms with Crippen molar-refractivity contribution in [1.82, 2.24) is 5.32 Å². The highest BCUT2D eigenvalue weighted by Gasteiger charge is 2.35. The van der Waals surface area contributed by atoms with E-state index in [2.05, 4.69) is 11.9 Å². The third-order valence-electron chi connectivity index (χ3n) is 3.06. The molecular formula is C15H19F4N. The van der Waals surface area contributed by atoms with Crippen LogP contribution < -0.4 is 5.32 Å². The number of hydrogen-bond acceptors (Lipinski definition) is 1. The second kappa shape index (κ2) is 7.43. The summed E-state index contributed by atoms with van der Waals surface area (Å²) in [6.45, 7) is 6.00. The zero-order valence-electron chi connectivity index (χ0n) is 11.4. The van der Waals surface area contributed by atoms with Gasteiger partial charge in [-0.2, -0.15) is 13.2 Å². The highest BCUT2D eigenvalue weighted by atomic mass is 19.4. The maximum absolute atomic E-state index is 14.1. The number of benzene rings is 1. The number of nitrogens with one attached hydrogen (secondary N) is 1. The molecule has 0 bridgehead atoms. The lowest BCUT2D eigenvalue weighted by atomic mass is 9.98. The van der Waals surface area contributed by atoms with E-state index >= 15 is 0 Å². The normalized spacial score (nSPS) is 13.2. The average Bonchev–Trinajstić information content (AvgIpc) is 2.37. The first-order valence-electron chi connectivity index (χ1n) is 6.61. The predicted molar refractivity (Wildman–Crippen MR) is 71.9 cm³/mol. The number of rotatable bonds is 7. The molecule has 20 heavy (non-hydrogen) atoms. The second-order valence-electron chi connectivity index (χ2n) is 4.54. The Bertz CT molecular complexity index is 440. The molecule has 1 atom stereocenters.